The molecule has 1 aromatic carbocycles. The van der Waals surface area contributed by atoms with Gasteiger partial charge in [-0.15, -0.1) is 0 Å². The Morgan fingerprint density at radius 3 is 2.56 bits per heavy atom. The van der Waals surface area contributed by atoms with Crippen LogP contribution in [-0.2, 0) is 0 Å². The molecule has 0 spiro atoms. The summed E-state index contributed by atoms with van der Waals surface area (Å²) in [6.07, 6.45) is 3.41. The molecular weight excluding hydrogens is 246 g/mol. The molecule has 0 fully saturated rings. The second kappa shape index (κ2) is 5.36. The van der Waals surface area contributed by atoms with Crippen LogP contribution in [0.5, 0.6) is 0 Å². The molecule has 0 aliphatic heterocycles. The van der Waals surface area contributed by atoms with Gasteiger partial charge in [-0.25, -0.2) is 0 Å². The highest BCUT2D eigenvalue weighted by molar-refractivity contribution is 6.31. The van der Waals surface area contributed by atoms with Crippen LogP contribution in [0.3, 0.4) is 0 Å². The van der Waals surface area contributed by atoms with Gasteiger partial charge in [-0.05, 0) is 38.5 Å². The second-order valence-corrected chi connectivity index (χ2v) is 4.76. The van der Waals surface area contributed by atoms with E-state index in [9.17, 15) is 0 Å². The highest BCUT2D eigenvalue weighted by atomic mass is 35.5. The van der Waals surface area contributed by atoms with Gasteiger partial charge in [-0.3, -0.25) is 9.97 Å². The molecule has 2 rings (SSSR count). The molecule has 1 atom stereocenters. The van der Waals surface area contributed by atoms with Crippen molar-refractivity contribution in [2.45, 2.75) is 26.8 Å². The van der Waals surface area contributed by atoms with Gasteiger partial charge < -0.3 is 5.32 Å². The molecule has 0 amide bonds. The summed E-state index contributed by atoms with van der Waals surface area (Å²) in [7, 11) is 0. The Kier molecular flexibility index (Phi) is 3.82. The van der Waals surface area contributed by atoms with Crippen molar-refractivity contribution >= 4 is 17.3 Å². The number of anilines is 1. The van der Waals surface area contributed by atoms with Gasteiger partial charge in [-0.1, -0.05) is 17.7 Å². The molecule has 3 nitrogen and oxygen atoms in total. The van der Waals surface area contributed by atoms with E-state index in [-0.39, 0.29) is 6.04 Å². The number of benzene rings is 1. The van der Waals surface area contributed by atoms with Crippen LogP contribution in [0, 0.1) is 13.8 Å². The van der Waals surface area contributed by atoms with Gasteiger partial charge in [0, 0.05) is 23.1 Å². The maximum Gasteiger partial charge on any atom is 0.0835 e. The lowest BCUT2D eigenvalue weighted by molar-refractivity contribution is 0.810. The van der Waals surface area contributed by atoms with Gasteiger partial charge in [0.2, 0.25) is 0 Å². The number of rotatable bonds is 3. The second-order valence-electron chi connectivity index (χ2n) is 4.36. The maximum atomic E-state index is 6.11. The normalized spacial score (nSPS) is 12.2. The van der Waals surface area contributed by atoms with Crippen LogP contribution in [0.2, 0.25) is 5.02 Å². The Morgan fingerprint density at radius 1 is 1.17 bits per heavy atom. The first-order chi connectivity index (χ1) is 8.58. The quantitative estimate of drug-likeness (QED) is 0.910. The van der Waals surface area contributed by atoms with Gasteiger partial charge >= 0.3 is 0 Å². The van der Waals surface area contributed by atoms with E-state index >= 15 is 0 Å². The zero-order chi connectivity index (χ0) is 13.1. The van der Waals surface area contributed by atoms with E-state index in [1.54, 1.807) is 12.4 Å². The largest absolute Gasteiger partial charge is 0.377 e. The average Bonchev–Trinajstić information content (AvgIpc) is 2.34. The zero-order valence-corrected chi connectivity index (χ0v) is 11.5. The molecule has 1 aromatic heterocycles. The van der Waals surface area contributed by atoms with Crippen LogP contribution in [-0.4, -0.2) is 9.97 Å². The van der Waals surface area contributed by atoms with Crippen molar-refractivity contribution in [2.75, 3.05) is 5.32 Å². The van der Waals surface area contributed by atoms with Crippen LogP contribution >= 0.6 is 11.6 Å². The summed E-state index contributed by atoms with van der Waals surface area (Å²) in [4.78, 5) is 8.60. The molecule has 0 radical (unpaired) electrons. The molecule has 0 saturated carbocycles. The Labute approximate surface area is 112 Å². The van der Waals surface area contributed by atoms with E-state index in [2.05, 4.69) is 22.2 Å². The lowest BCUT2D eigenvalue weighted by Gasteiger charge is -2.16. The van der Waals surface area contributed by atoms with E-state index < -0.39 is 0 Å². The summed E-state index contributed by atoms with van der Waals surface area (Å²) in [5.74, 6) is 0. The number of hydrogen-bond acceptors (Lipinski definition) is 3. The predicted molar refractivity (Wildman–Crippen MR) is 75.0 cm³/mol. The van der Waals surface area contributed by atoms with Gasteiger partial charge in [0.15, 0.2) is 0 Å². The smallest absolute Gasteiger partial charge is 0.0835 e. The van der Waals surface area contributed by atoms with Crippen LogP contribution in [0.25, 0.3) is 0 Å². The first-order valence-electron chi connectivity index (χ1n) is 5.88. The lowest BCUT2D eigenvalue weighted by Crippen LogP contribution is -2.11. The predicted octanol–water partition coefficient (Wildman–Crippen LogP) is 3.92. The van der Waals surface area contributed by atoms with Gasteiger partial charge in [0.25, 0.3) is 0 Å². The first-order valence-corrected chi connectivity index (χ1v) is 6.26. The molecule has 0 bridgehead atoms. The standard InChI is InChI=1S/C14H16ClN3/c1-9-4-5-12(8-13(9)15)18-11(3)14-10(2)16-6-7-17-14/h4-8,11,18H,1-3H3. The third-order valence-electron chi connectivity index (χ3n) is 2.88. The molecule has 94 valence electrons. The SMILES string of the molecule is Cc1ccc(NC(C)c2nccnc2C)cc1Cl. The van der Waals surface area contributed by atoms with E-state index in [4.69, 9.17) is 11.6 Å². The van der Waals surface area contributed by atoms with Crippen LogP contribution in [0.15, 0.2) is 30.6 Å². The summed E-state index contributed by atoms with van der Waals surface area (Å²) in [6.45, 7) is 6.01. The van der Waals surface area contributed by atoms with Crippen LogP contribution in [0.1, 0.15) is 29.9 Å². The molecule has 0 saturated heterocycles. The number of aryl methyl sites for hydroxylation is 2. The molecule has 1 N–H and O–H groups in total. The highest BCUT2D eigenvalue weighted by Crippen LogP contribution is 2.24. The number of aromatic nitrogens is 2. The maximum absolute atomic E-state index is 6.11. The zero-order valence-electron chi connectivity index (χ0n) is 10.7. The summed E-state index contributed by atoms with van der Waals surface area (Å²) >= 11 is 6.11. The monoisotopic (exact) mass is 261 g/mol. The van der Waals surface area contributed by atoms with Gasteiger partial charge in [-0.2, -0.15) is 0 Å². The molecule has 2 aromatic rings. The minimum Gasteiger partial charge on any atom is -0.377 e. The Balaban J connectivity index is 2.19. The fraction of sp³-hybridized carbons (Fsp3) is 0.286. The van der Waals surface area contributed by atoms with Crippen molar-refractivity contribution in [3.05, 3.63) is 52.6 Å². The topological polar surface area (TPSA) is 37.8 Å². The fourth-order valence-electron chi connectivity index (χ4n) is 1.84. The highest BCUT2D eigenvalue weighted by Gasteiger charge is 2.10. The number of hydrogen-bond donors (Lipinski definition) is 1. The summed E-state index contributed by atoms with van der Waals surface area (Å²) in [5.41, 5.74) is 3.96. The molecule has 0 aliphatic carbocycles. The van der Waals surface area contributed by atoms with E-state index in [0.717, 1.165) is 27.7 Å². The fourth-order valence-corrected chi connectivity index (χ4v) is 2.03. The number of halogens is 1. The summed E-state index contributed by atoms with van der Waals surface area (Å²) in [6, 6.07) is 6.04. The van der Waals surface area contributed by atoms with E-state index in [1.165, 1.54) is 0 Å². The Hall–Kier alpha value is -1.61. The van der Waals surface area contributed by atoms with Gasteiger partial charge in [0.05, 0.1) is 17.4 Å². The summed E-state index contributed by atoms with van der Waals surface area (Å²) in [5, 5.41) is 4.15. The molecule has 1 heterocycles. The first kappa shape index (κ1) is 12.8. The third-order valence-corrected chi connectivity index (χ3v) is 3.29. The van der Waals surface area contributed by atoms with E-state index in [1.807, 2.05) is 32.0 Å². The average molecular weight is 262 g/mol. The van der Waals surface area contributed by atoms with Gasteiger partial charge in [0.1, 0.15) is 0 Å². The van der Waals surface area contributed by atoms with Crippen molar-refractivity contribution in [1.29, 1.82) is 0 Å². The van der Waals surface area contributed by atoms with Crippen molar-refractivity contribution in [3.63, 3.8) is 0 Å². The molecule has 1 unspecified atom stereocenters. The minimum absolute atomic E-state index is 0.0949. The Morgan fingerprint density at radius 2 is 1.89 bits per heavy atom. The summed E-state index contributed by atoms with van der Waals surface area (Å²) < 4.78 is 0. The van der Waals surface area contributed by atoms with Crippen molar-refractivity contribution in [1.82, 2.24) is 9.97 Å². The van der Waals surface area contributed by atoms with E-state index in [0.29, 0.717) is 0 Å². The molecule has 18 heavy (non-hydrogen) atoms. The van der Waals surface area contributed by atoms with Crippen LogP contribution in [0.4, 0.5) is 5.69 Å². The molecular formula is C14H16ClN3. The Bertz CT molecular complexity index is 554. The molecule has 0 aliphatic rings. The number of nitrogens with one attached hydrogen (secondary N) is 1. The van der Waals surface area contributed by atoms with Crippen molar-refractivity contribution < 1.29 is 0 Å². The van der Waals surface area contributed by atoms with Crippen LogP contribution < -0.4 is 5.32 Å². The van der Waals surface area contributed by atoms with Crippen molar-refractivity contribution in [3.8, 4) is 0 Å². The molecule has 4 heteroatoms. The number of nitrogens with zero attached hydrogens (tertiary/aromatic N) is 2. The minimum atomic E-state index is 0.0949. The lowest BCUT2D eigenvalue weighted by atomic mass is 10.1. The van der Waals surface area contributed by atoms with Crippen molar-refractivity contribution in [2.24, 2.45) is 0 Å². The third kappa shape index (κ3) is 2.79.